The number of methoxy groups -OCH3 is 1. The van der Waals surface area contributed by atoms with Crippen molar-refractivity contribution in [2.45, 2.75) is 58.0 Å². The molecule has 0 saturated heterocycles. The Balaban J connectivity index is 2.37. The maximum atomic E-state index is 14.0. The number of ether oxygens (including phenoxy) is 1. The lowest BCUT2D eigenvalue weighted by Crippen LogP contribution is -2.17. The van der Waals surface area contributed by atoms with E-state index in [0.717, 1.165) is 6.42 Å². The average molecular weight is 216 g/mol. The second-order valence-electron chi connectivity index (χ2n) is 4.97. The van der Waals surface area contributed by atoms with Crippen LogP contribution in [0.5, 0.6) is 0 Å². The SMILES string of the molecule is CCCCC(CCC)[C@H]1C[C@]1(F)COC. The first kappa shape index (κ1) is 13.0. The van der Waals surface area contributed by atoms with E-state index in [1.807, 2.05) is 0 Å². The van der Waals surface area contributed by atoms with Crippen LogP contribution >= 0.6 is 0 Å². The number of halogens is 1. The van der Waals surface area contributed by atoms with Gasteiger partial charge < -0.3 is 4.74 Å². The molecule has 3 atom stereocenters. The monoisotopic (exact) mass is 216 g/mol. The van der Waals surface area contributed by atoms with Crippen molar-refractivity contribution in [1.29, 1.82) is 0 Å². The van der Waals surface area contributed by atoms with Gasteiger partial charge in [-0.3, -0.25) is 0 Å². The van der Waals surface area contributed by atoms with E-state index < -0.39 is 5.67 Å². The van der Waals surface area contributed by atoms with Crippen molar-refractivity contribution < 1.29 is 9.13 Å². The van der Waals surface area contributed by atoms with Crippen LogP contribution in [-0.4, -0.2) is 19.4 Å². The number of hydrogen-bond acceptors (Lipinski definition) is 1. The van der Waals surface area contributed by atoms with E-state index in [4.69, 9.17) is 4.74 Å². The van der Waals surface area contributed by atoms with Crippen LogP contribution in [0, 0.1) is 11.8 Å². The van der Waals surface area contributed by atoms with Crippen LogP contribution < -0.4 is 0 Å². The third-order valence-corrected chi connectivity index (χ3v) is 3.60. The van der Waals surface area contributed by atoms with Gasteiger partial charge in [0.1, 0.15) is 5.67 Å². The fourth-order valence-electron chi connectivity index (χ4n) is 2.69. The lowest BCUT2D eigenvalue weighted by molar-refractivity contribution is 0.0897. The van der Waals surface area contributed by atoms with Gasteiger partial charge in [0.25, 0.3) is 0 Å². The molecule has 1 aliphatic rings. The third kappa shape index (κ3) is 3.44. The number of hydrogen-bond donors (Lipinski definition) is 0. The second kappa shape index (κ2) is 5.83. The quantitative estimate of drug-likeness (QED) is 0.596. The summed E-state index contributed by atoms with van der Waals surface area (Å²) in [7, 11) is 1.59. The second-order valence-corrected chi connectivity index (χ2v) is 4.97. The van der Waals surface area contributed by atoms with Gasteiger partial charge in [0.2, 0.25) is 0 Å². The Kier molecular flexibility index (Phi) is 5.04. The van der Waals surface area contributed by atoms with E-state index in [9.17, 15) is 4.39 Å². The zero-order chi connectivity index (χ0) is 11.3. The zero-order valence-electron chi connectivity index (χ0n) is 10.4. The van der Waals surface area contributed by atoms with Crippen LogP contribution in [-0.2, 0) is 4.74 Å². The van der Waals surface area contributed by atoms with Crippen molar-refractivity contribution in [3.8, 4) is 0 Å². The predicted octanol–water partition coefficient (Wildman–Crippen LogP) is 3.97. The normalized spacial score (nSPS) is 31.6. The van der Waals surface area contributed by atoms with Crippen molar-refractivity contribution in [3.05, 3.63) is 0 Å². The summed E-state index contributed by atoms with van der Waals surface area (Å²) >= 11 is 0. The summed E-state index contributed by atoms with van der Waals surface area (Å²) in [5.41, 5.74) is -0.984. The molecule has 0 spiro atoms. The van der Waals surface area contributed by atoms with Gasteiger partial charge in [-0.2, -0.15) is 0 Å². The highest BCUT2D eigenvalue weighted by Gasteiger charge is 2.57. The molecule has 2 heteroatoms. The van der Waals surface area contributed by atoms with Crippen LogP contribution in [0.4, 0.5) is 4.39 Å². The number of unbranched alkanes of at least 4 members (excludes halogenated alkanes) is 1. The minimum Gasteiger partial charge on any atom is -0.381 e. The highest BCUT2D eigenvalue weighted by atomic mass is 19.1. The molecule has 0 aromatic heterocycles. The standard InChI is InChI=1S/C13H25FO/c1-4-6-8-11(7-5-2)12-9-13(12,14)10-15-3/h11-12H,4-10H2,1-3H3/t11?,12-,13+/m1/s1. The average Bonchev–Trinajstić information content (AvgIpc) is 2.85. The molecule has 15 heavy (non-hydrogen) atoms. The van der Waals surface area contributed by atoms with Crippen molar-refractivity contribution >= 4 is 0 Å². The molecular weight excluding hydrogens is 191 g/mol. The summed E-state index contributed by atoms with van der Waals surface area (Å²) in [6, 6.07) is 0. The highest BCUT2D eigenvalue weighted by molar-refractivity contribution is 5.06. The van der Waals surface area contributed by atoms with Crippen LogP contribution in [0.25, 0.3) is 0 Å². The molecule has 0 aromatic rings. The first-order valence-corrected chi connectivity index (χ1v) is 6.35. The first-order chi connectivity index (χ1) is 7.18. The molecule has 0 amide bonds. The fraction of sp³-hybridized carbons (Fsp3) is 1.00. The van der Waals surface area contributed by atoms with Crippen molar-refractivity contribution in [1.82, 2.24) is 0 Å². The van der Waals surface area contributed by atoms with Crippen molar-refractivity contribution in [3.63, 3.8) is 0 Å². The van der Waals surface area contributed by atoms with E-state index in [0.29, 0.717) is 12.5 Å². The molecule has 1 saturated carbocycles. The summed E-state index contributed by atoms with van der Waals surface area (Å²) in [4.78, 5) is 0. The third-order valence-electron chi connectivity index (χ3n) is 3.60. The van der Waals surface area contributed by atoms with E-state index in [1.165, 1.54) is 32.1 Å². The van der Waals surface area contributed by atoms with Gasteiger partial charge in [-0.15, -0.1) is 0 Å². The largest absolute Gasteiger partial charge is 0.381 e. The summed E-state index contributed by atoms with van der Waals surface area (Å²) in [6.07, 6.45) is 6.74. The molecule has 90 valence electrons. The van der Waals surface area contributed by atoms with E-state index in [-0.39, 0.29) is 5.92 Å². The first-order valence-electron chi connectivity index (χ1n) is 6.35. The van der Waals surface area contributed by atoms with Gasteiger partial charge in [0, 0.05) is 13.0 Å². The molecule has 1 unspecified atom stereocenters. The fourth-order valence-corrected chi connectivity index (χ4v) is 2.69. The summed E-state index contributed by atoms with van der Waals surface area (Å²) < 4.78 is 19.0. The van der Waals surface area contributed by atoms with Crippen LogP contribution in [0.15, 0.2) is 0 Å². The van der Waals surface area contributed by atoms with Gasteiger partial charge in [-0.25, -0.2) is 4.39 Å². The Labute approximate surface area is 93.4 Å². The summed E-state index contributed by atoms with van der Waals surface area (Å²) in [5, 5.41) is 0. The van der Waals surface area contributed by atoms with Crippen LogP contribution in [0.2, 0.25) is 0 Å². The summed E-state index contributed by atoms with van der Waals surface area (Å²) in [6.45, 7) is 4.69. The van der Waals surface area contributed by atoms with Gasteiger partial charge in [-0.1, -0.05) is 46.0 Å². The molecule has 0 N–H and O–H groups in total. The highest BCUT2D eigenvalue weighted by Crippen LogP contribution is 2.54. The predicted molar refractivity (Wildman–Crippen MR) is 61.7 cm³/mol. The van der Waals surface area contributed by atoms with Crippen LogP contribution in [0.3, 0.4) is 0 Å². The summed E-state index contributed by atoms with van der Waals surface area (Å²) in [5.74, 6) is 0.874. The zero-order valence-corrected chi connectivity index (χ0v) is 10.4. The molecule has 1 nitrogen and oxygen atoms in total. The Bertz CT molecular complexity index is 183. The Morgan fingerprint density at radius 1 is 1.33 bits per heavy atom. The number of alkyl halides is 1. The maximum Gasteiger partial charge on any atom is 0.137 e. The molecule has 0 aliphatic heterocycles. The lowest BCUT2D eigenvalue weighted by Gasteiger charge is -2.17. The lowest BCUT2D eigenvalue weighted by atomic mass is 9.91. The minimum absolute atomic E-state index is 0.281. The van der Waals surface area contributed by atoms with Crippen molar-refractivity contribution in [2.24, 2.45) is 11.8 Å². The van der Waals surface area contributed by atoms with Crippen LogP contribution in [0.1, 0.15) is 52.4 Å². The maximum absolute atomic E-state index is 14.0. The number of rotatable bonds is 8. The molecule has 1 fully saturated rings. The van der Waals surface area contributed by atoms with E-state index in [1.54, 1.807) is 7.11 Å². The van der Waals surface area contributed by atoms with Gasteiger partial charge in [0.15, 0.2) is 0 Å². The van der Waals surface area contributed by atoms with E-state index in [2.05, 4.69) is 13.8 Å². The molecule has 0 aromatic carbocycles. The molecule has 1 rings (SSSR count). The molecule has 0 heterocycles. The molecule has 0 bridgehead atoms. The smallest absolute Gasteiger partial charge is 0.137 e. The Morgan fingerprint density at radius 2 is 2.07 bits per heavy atom. The molecule has 0 radical (unpaired) electrons. The minimum atomic E-state index is -0.984. The topological polar surface area (TPSA) is 9.23 Å². The van der Waals surface area contributed by atoms with Gasteiger partial charge in [0.05, 0.1) is 6.61 Å². The molecular formula is C13H25FO. The Morgan fingerprint density at radius 3 is 2.60 bits per heavy atom. The molecule has 1 aliphatic carbocycles. The van der Waals surface area contributed by atoms with Gasteiger partial charge in [-0.05, 0) is 12.3 Å². The van der Waals surface area contributed by atoms with Crippen molar-refractivity contribution in [2.75, 3.05) is 13.7 Å². The Hall–Kier alpha value is -0.110. The van der Waals surface area contributed by atoms with E-state index >= 15 is 0 Å². The van der Waals surface area contributed by atoms with Gasteiger partial charge >= 0.3 is 0 Å².